The third-order valence-corrected chi connectivity index (χ3v) is 5.57. The van der Waals surface area contributed by atoms with Crippen molar-refractivity contribution >= 4 is 39.1 Å². The smallest absolute Gasteiger partial charge is 0.251 e. The Morgan fingerprint density at radius 1 is 1.08 bits per heavy atom. The number of carbonyl (C=O) groups is 2. The predicted octanol–water partition coefficient (Wildman–Crippen LogP) is 1.96. The zero-order valence-corrected chi connectivity index (χ0v) is 15.8. The summed E-state index contributed by atoms with van der Waals surface area (Å²) in [6.45, 7) is -0.283. The van der Waals surface area contributed by atoms with E-state index in [1.807, 2.05) is 0 Å². The Hall–Kier alpha value is -2.42. The topological polar surface area (TPSA) is 95.6 Å². The van der Waals surface area contributed by atoms with Gasteiger partial charge in [-0.1, -0.05) is 29.8 Å². The number of rotatable bonds is 6. The van der Waals surface area contributed by atoms with Gasteiger partial charge in [0.05, 0.1) is 22.2 Å². The summed E-state index contributed by atoms with van der Waals surface area (Å²) in [6.07, 6.45) is 0. The van der Waals surface area contributed by atoms with E-state index < -0.39 is 21.8 Å². The minimum Gasteiger partial charge on any atom is -0.343 e. The Morgan fingerprint density at radius 2 is 1.77 bits per heavy atom. The zero-order chi connectivity index (χ0) is 19.3. The summed E-state index contributed by atoms with van der Waals surface area (Å²) in [4.78, 5) is 24.1. The first kappa shape index (κ1) is 19.9. The third kappa shape index (κ3) is 4.81. The largest absolute Gasteiger partial charge is 0.343 e. The molecule has 0 spiro atoms. The molecule has 2 aromatic rings. The van der Waals surface area contributed by atoms with E-state index in [-0.39, 0.29) is 17.0 Å². The minimum absolute atomic E-state index is 0.00401. The Labute approximate surface area is 157 Å². The Balaban J connectivity index is 2.02. The maximum atomic E-state index is 12.2. The number of hydrogen-bond acceptors (Lipinski definition) is 4. The summed E-state index contributed by atoms with van der Waals surface area (Å²) in [5.74, 6) is -1.02. The molecule has 2 N–H and O–H groups in total. The molecular formula is C17H18ClN3O4S. The van der Waals surface area contributed by atoms with Crippen LogP contribution in [-0.2, 0) is 14.8 Å². The lowest BCUT2D eigenvalue weighted by Gasteiger charge is -2.12. The van der Waals surface area contributed by atoms with Gasteiger partial charge in [-0.3, -0.25) is 9.59 Å². The first-order valence-electron chi connectivity index (χ1n) is 7.57. The van der Waals surface area contributed by atoms with Crippen LogP contribution in [0.2, 0.25) is 5.02 Å². The number of nitrogens with one attached hydrogen (secondary N) is 2. The van der Waals surface area contributed by atoms with Crippen molar-refractivity contribution in [2.75, 3.05) is 26.0 Å². The molecule has 138 valence electrons. The number of amides is 2. The molecule has 0 aliphatic heterocycles. The van der Waals surface area contributed by atoms with Gasteiger partial charge in [-0.2, -0.15) is 0 Å². The van der Waals surface area contributed by atoms with E-state index in [1.165, 1.54) is 38.4 Å². The third-order valence-electron chi connectivity index (χ3n) is 3.43. The van der Waals surface area contributed by atoms with E-state index in [2.05, 4.69) is 10.6 Å². The lowest BCUT2D eigenvalue weighted by atomic mass is 10.2. The molecule has 0 saturated carbocycles. The number of hydrogen-bond donors (Lipinski definition) is 2. The number of nitrogens with zero attached hydrogens (tertiary/aromatic N) is 1. The van der Waals surface area contributed by atoms with Crippen LogP contribution in [-0.4, -0.2) is 45.2 Å². The van der Waals surface area contributed by atoms with Gasteiger partial charge in [0.1, 0.15) is 0 Å². The van der Waals surface area contributed by atoms with Crippen LogP contribution in [0.25, 0.3) is 0 Å². The molecule has 0 bridgehead atoms. The molecule has 0 radical (unpaired) electrons. The van der Waals surface area contributed by atoms with Gasteiger partial charge in [0, 0.05) is 19.7 Å². The molecule has 0 unspecified atom stereocenters. The standard InChI is InChI=1S/C17H18ClN3O4S/c1-21(2)26(24,25)13-7-5-6-12(10-13)17(23)19-11-16(22)20-15-9-4-3-8-14(15)18/h3-10H,11H2,1-2H3,(H,19,23)(H,20,22). The summed E-state index contributed by atoms with van der Waals surface area (Å²) < 4.78 is 25.3. The molecule has 26 heavy (non-hydrogen) atoms. The van der Waals surface area contributed by atoms with Crippen molar-refractivity contribution in [1.82, 2.24) is 9.62 Å². The molecule has 9 heteroatoms. The molecule has 2 aromatic carbocycles. The van der Waals surface area contributed by atoms with E-state index in [0.29, 0.717) is 10.7 Å². The second-order valence-corrected chi connectivity index (χ2v) is 8.08. The van der Waals surface area contributed by atoms with Gasteiger partial charge >= 0.3 is 0 Å². The predicted molar refractivity (Wildman–Crippen MR) is 99.7 cm³/mol. The van der Waals surface area contributed by atoms with Crippen molar-refractivity contribution in [2.24, 2.45) is 0 Å². The fourth-order valence-corrected chi connectivity index (χ4v) is 3.16. The summed E-state index contributed by atoms with van der Waals surface area (Å²) >= 11 is 5.95. The van der Waals surface area contributed by atoms with Crippen LogP contribution >= 0.6 is 11.6 Å². The molecule has 2 amide bonds. The monoisotopic (exact) mass is 395 g/mol. The number of anilines is 1. The van der Waals surface area contributed by atoms with Gasteiger partial charge in [-0.25, -0.2) is 12.7 Å². The Morgan fingerprint density at radius 3 is 2.42 bits per heavy atom. The van der Waals surface area contributed by atoms with Crippen molar-refractivity contribution in [3.63, 3.8) is 0 Å². The second-order valence-electron chi connectivity index (χ2n) is 5.53. The normalized spacial score (nSPS) is 11.2. The number of sulfonamides is 1. The van der Waals surface area contributed by atoms with Gasteiger partial charge in [0.15, 0.2) is 0 Å². The fourth-order valence-electron chi connectivity index (χ4n) is 2.03. The second kappa shape index (κ2) is 8.31. The van der Waals surface area contributed by atoms with Crippen molar-refractivity contribution in [3.05, 3.63) is 59.1 Å². The molecule has 0 fully saturated rings. The first-order chi connectivity index (χ1) is 12.2. The van der Waals surface area contributed by atoms with Gasteiger partial charge in [-0.05, 0) is 30.3 Å². The highest BCUT2D eigenvalue weighted by atomic mass is 35.5. The number of para-hydroxylation sites is 1. The highest BCUT2D eigenvalue weighted by Gasteiger charge is 2.19. The molecular weight excluding hydrogens is 378 g/mol. The average molecular weight is 396 g/mol. The first-order valence-corrected chi connectivity index (χ1v) is 9.39. The quantitative estimate of drug-likeness (QED) is 0.781. The van der Waals surface area contributed by atoms with E-state index in [4.69, 9.17) is 11.6 Å². The van der Waals surface area contributed by atoms with Gasteiger partial charge in [0.2, 0.25) is 15.9 Å². The van der Waals surface area contributed by atoms with E-state index >= 15 is 0 Å². The SMILES string of the molecule is CN(C)S(=O)(=O)c1cccc(C(=O)NCC(=O)Nc2ccccc2Cl)c1. The number of benzene rings is 2. The molecule has 2 rings (SSSR count). The van der Waals surface area contributed by atoms with Crippen LogP contribution in [0, 0.1) is 0 Å². The van der Waals surface area contributed by atoms with Gasteiger partial charge in [-0.15, -0.1) is 0 Å². The Bertz CT molecular complexity index is 929. The van der Waals surface area contributed by atoms with Crippen LogP contribution < -0.4 is 10.6 Å². The molecule has 0 aliphatic rings. The van der Waals surface area contributed by atoms with Gasteiger partial charge in [0.25, 0.3) is 5.91 Å². The van der Waals surface area contributed by atoms with Crippen LogP contribution in [0.4, 0.5) is 5.69 Å². The highest BCUT2D eigenvalue weighted by Crippen LogP contribution is 2.20. The van der Waals surface area contributed by atoms with Crippen LogP contribution in [0.15, 0.2) is 53.4 Å². The lowest BCUT2D eigenvalue weighted by molar-refractivity contribution is -0.115. The van der Waals surface area contributed by atoms with E-state index in [1.54, 1.807) is 24.3 Å². The van der Waals surface area contributed by atoms with Crippen molar-refractivity contribution < 1.29 is 18.0 Å². The molecule has 0 saturated heterocycles. The maximum Gasteiger partial charge on any atom is 0.251 e. The van der Waals surface area contributed by atoms with Gasteiger partial charge < -0.3 is 10.6 Å². The number of carbonyl (C=O) groups excluding carboxylic acids is 2. The lowest BCUT2D eigenvalue weighted by Crippen LogP contribution is -2.33. The molecule has 0 heterocycles. The van der Waals surface area contributed by atoms with Crippen LogP contribution in [0.1, 0.15) is 10.4 Å². The average Bonchev–Trinajstić information content (AvgIpc) is 2.61. The molecule has 0 atom stereocenters. The van der Waals surface area contributed by atoms with Crippen molar-refractivity contribution in [2.45, 2.75) is 4.90 Å². The van der Waals surface area contributed by atoms with E-state index in [0.717, 1.165) is 4.31 Å². The van der Waals surface area contributed by atoms with Crippen molar-refractivity contribution in [1.29, 1.82) is 0 Å². The molecule has 0 aliphatic carbocycles. The zero-order valence-electron chi connectivity index (χ0n) is 14.2. The van der Waals surface area contributed by atoms with Crippen LogP contribution in [0.5, 0.6) is 0 Å². The fraction of sp³-hybridized carbons (Fsp3) is 0.176. The van der Waals surface area contributed by atoms with E-state index in [9.17, 15) is 18.0 Å². The maximum absolute atomic E-state index is 12.2. The minimum atomic E-state index is -3.65. The van der Waals surface area contributed by atoms with Crippen LogP contribution in [0.3, 0.4) is 0 Å². The molecule has 0 aromatic heterocycles. The van der Waals surface area contributed by atoms with Crippen molar-refractivity contribution in [3.8, 4) is 0 Å². The summed E-state index contributed by atoms with van der Waals surface area (Å²) in [7, 11) is -0.842. The Kier molecular flexibility index (Phi) is 6.36. The summed E-state index contributed by atoms with van der Waals surface area (Å²) in [6, 6.07) is 12.3. The summed E-state index contributed by atoms with van der Waals surface area (Å²) in [5, 5.41) is 5.41. The number of halogens is 1. The highest BCUT2D eigenvalue weighted by molar-refractivity contribution is 7.89. The molecule has 7 nitrogen and oxygen atoms in total. The summed E-state index contributed by atoms with van der Waals surface area (Å²) in [5.41, 5.74) is 0.575.